The lowest BCUT2D eigenvalue weighted by Crippen LogP contribution is -2.64. The molecule has 0 spiro atoms. The quantitative estimate of drug-likeness (QED) is 0.0180. The molecule has 1 aliphatic rings. The van der Waals surface area contributed by atoms with Gasteiger partial charge in [-0.1, -0.05) is 167 Å². The second kappa shape index (κ2) is 33.5. The lowest BCUT2D eigenvalue weighted by molar-refractivity contribution is -0.220. The number of hydrogen-bond donors (Lipinski definition) is 9. The Morgan fingerprint density at radius 3 is 1.54 bits per heavy atom. The molecule has 1 amide bonds. The van der Waals surface area contributed by atoms with Crippen molar-refractivity contribution in [1.82, 2.24) is 5.32 Å². The van der Waals surface area contributed by atoms with Gasteiger partial charge in [-0.25, -0.2) is 4.57 Å². The number of carbonyl (C=O) groups is 1. The predicted octanol–water partition coefficient (Wildman–Crippen LogP) is 6.81. The van der Waals surface area contributed by atoms with E-state index in [1.807, 2.05) is 0 Å². The van der Waals surface area contributed by atoms with Crippen molar-refractivity contribution in [3.8, 4) is 0 Å². The number of unbranched alkanes of at least 4 members (excludes halogenated alkanes) is 21. The Morgan fingerprint density at radius 2 is 1.04 bits per heavy atom. The first-order valence-electron chi connectivity index (χ1n) is 22.4. The highest BCUT2D eigenvalue weighted by Crippen LogP contribution is 2.47. The molecule has 8 atom stereocenters. The number of aliphatic hydroxyl groups excluding tert-OH is 7. The summed E-state index contributed by atoms with van der Waals surface area (Å²) in [5, 5.41) is 74.1. The van der Waals surface area contributed by atoms with Gasteiger partial charge >= 0.3 is 7.82 Å². The minimum atomic E-state index is -5.14. The van der Waals surface area contributed by atoms with E-state index >= 15 is 0 Å². The SMILES string of the molecule is CCCCCCCCCCCCCCCC/C=C/CC/C=C/C(O)C(COP(=O)(O)OC1C(O)C(O)C(O)C(O)C1O)NC(=O)CC(O)CCCCCCCCC. The molecule has 14 heteroatoms. The van der Waals surface area contributed by atoms with Gasteiger partial charge in [0.15, 0.2) is 0 Å². The van der Waals surface area contributed by atoms with E-state index in [0.717, 1.165) is 51.4 Å². The van der Waals surface area contributed by atoms with Crippen LogP contribution >= 0.6 is 7.82 Å². The van der Waals surface area contributed by atoms with Crippen LogP contribution in [0.3, 0.4) is 0 Å². The van der Waals surface area contributed by atoms with Crippen LogP contribution in [0.15, 0.2) is 24.3 Å². The van der Waals surface area contributed by atoms with Crippen LogP contribution in [-0.4, -0.2) is 108 Å². The van der Waals surface area contributed by atoms with Crippen molar-refractivity contribution in [1.29, 1.82) is 0 Å². The van der Waals surface area contributed by atoms with Crippen molar-refractivity contribution in [2.45, 2.75) is 236 Å². The van der Waals surface area contributed by atoms with Crippen molar-refractivity contribution < 1.29 is 59.0 Å². The summed E-state index contributed by atoms with van der Waals surface area (Å²) in [5.74, 6) is -0.607. The second-order valence-electron chi connectivity index (χ2n) is 16.1. The average molecular weight is 836 g/mol. The molecule has 1 saturated carbocycles. The molecule has 1 aliphatic carbocycles. The van der Waals surface area contributed by atoms with Crippen LogP contribution in [0, 0.1) is 0 Å². The summed E-state index contributed by atoms with van der Waals surface area (Å²) >= 11 is 0. The molecule has 8 unspecified atom stereocenters. The highest BCUT2D eigenvalue weighted by atomic mass is 31.2. The van der Waals surface area contributed by atoms with Crippen LogP contribution in [0.1, 0.15) is 181 Å². The molecule has 0 heterocycles. The van der Waals surface area contributed by atoms with Crippen molar-refractivity contribution in [2.75, 3.05) is 6.61 Å². The molecule has 0 aliphatic heterocycles. The zero-order chi connectivity index (χ0) is 42.3. The van der Waals surface area contributed by atoms with Crippen LogP contribution in [0.5, 0.6) is 0 Å². The van der Waals surface area contributed by atoms with Gasteiger partial charge in [0.1, 0.15) is 36.6 Å². The Balaban J connectivity index is 2.55. The van der Waals surface area contributed by atoms with Crippen molar-refractivity contribution in [3.63, 3.8) is 0 Å². The average Bonchev–Trinajstić information content (AvgIpc) is 3.18. The molecular weight excluding hydrogens is 753 g/mol. The predicted molar refractivity (Wildman–Crippen MR) is 224 cm³/mol. The number of aliphatic hydroxyl groups is 7. The fourth-order valence-corrected chi connectivity index (χ4v) is 8.05. The number of nitrogens with one attached hydrogen (secondary N) is 1. The third-order valence-electron chi connectivity index (χ3n) is 10.8. The third-order valence-corrected chi connectivity index (χ3v) is 11.8. The van der Waals surface area contributed by atoms with E-state index in [2.05, 4.69) is 31.3 Å². The fourth-order valence-electron chi connectivity index (χ4n) is 7.08. The zero-order valence-corrected chi connectivity index (χ0v) is 36.1. The highest BCUT2D eigenvalue weighted by Gasteiger charge is 2.51. The highest BCUT2D eigenvalue weighted by molar-refractivity contribution is 7.47. The number of phosphoric ester groups is 1. The Morgan fingerprint density at radius 1 is 0.614 bits per heavy atom. The van der Waals surface area contributed by atoms with E-state index in [4.69, 9.17) is 9.05 Å². The first kappa shape index (κ1) is 53.8. The number of phosphoric acid groups is 1. The van der Waals surface area contributed by atoms with Crippen LogP contribution in [0.4, 0.5) is 0 Å². The van der Waals surface area contributed by atoms with E-state index in [1.54, 1.807) is 6.08 Å². The Bertz CT molecular complexity index is 1080. The number of allylic oxidation sites excluding steroid dienone is 3. The van der Waals surface area contributed by atoms with Gasteiger partial charge in [0.05, 0.1) is 31.3 Å². The Kier molecular flexibility index (Phi) is 31.6. The summed E-state index contributed by atoms with van der Waals surface area (Å²) in [6, 6.07) is -1.25. The minimum absolute atomic E-state index is 0.251. The lowest BCUT2D eigenvalue weighted by atomic mass is 9.85. The number of hydrogen-bond acceptors (Lipinski definition) is 11. The lowest BCUT2D eigenvalue weighted by Gasteiger charge is -2.41. The van der Waals surface area contributed by atoms with Crippen LogP contribution in [0.2, 0.25) is 0 Å². The molecule has 336 valence electrons. The first-order chi connectivity index (χ1) is 27.3. The van der Waals surface area contributed by atoms with Gasteiger partial charge in [-0.05, 0) is 32.1 Å². The largest absolute Gasteiger partial charge is 0.472 e. The molecule has 1 fully saturated rings. The van der Waals surface area contributed by atoms with Crippen LogP contribution in [0.25, 0.3) is 0 Å². The zero-order valence-electron chi connectivity index (χ0n) is 35.3. The van der Waals surface area contributed by atoms with Gasteiger partial charge in [0, 0.05) is 0 Å². The van der Waals surface area contributed by atoms with E-state index in [0.29, 0.717) is 12.8 Å². The summed E-state index contributed by atoms with van der Waals surface area (Å²) < 4.78 is 22.8. The topological polar surface area (TPSA) is 226 Å². The Labute approximate surface area is 344 Å². The molecule has 0 radical (unpaired) electrons. The maximum atomic E-state index is 12.9. The number of amides is 1. The normalized spacial score (nSPS) is 24.2. The molecule has 13 nitrogen and oxygen atoms in total. The van der Waals surface area contributed by atoms with Gasteiger partial charge in [-0.3, -0.25) is 13.8 Å². The monoisotopic (exact) mass is 836 g/mol. The van der Waals surface area contributed by atoms with E-state index < -0.39 is 75.2 Å². The third kappa shape index (κ3) is 25.9. The fraction of sp³-hybridized carbons (Fsp3) is 0.884. The molecule has 9 N–H and O–H groups in total. The van der Waals surface area contributed by atoms with Gasteiger partial charge in [0.25, 0.3) is 0 Å². The molecule has 0 bridgehead atoms. The summed E-state index contributed by atoms with van der Waals surface area (Å²) in [4.78, 5) is 23.3. The standard InChI is InChI=1S/C43H82NO12P/c1-3-5-7-9-11-12-13-14-15-16-17-18-19-20-21-22-23-25-27-29-31-36(46)35(44-37(47)32-34(45)30-28-26-24-10-8-6-4-2)33-55-57(53,54)56-43-41(51)39(49)38(48)40(50)42(43)52/h22-23,29,31,34-36,38-43,45-46,48-52H,3-21,24-28,30,32-33H2,1-2H3,(H,44,47)(H,53,54)/b23-22+,31-29+. The number of carbonyl (C=O) groups excluding carboxylic acids is 1. The van der Waals surface area contributed by atoms with Crippen LogP contribution < -0.4 is 5.32 Å². The molecular formula is C43H82NO12P. The first-order valence-corrected chi connectivity index (χ1v) is 23.9. The molecule has 0 aromatic carbocycles. The van der Waals surface area contributed by atoms with Gasteiger partial charge in [0.2, 0.25) is 5.91 Å². The second-order valence-corrected chi connectivity index (χ2v) is 17.5. The van der Waals surface area contributed by atoms with E-state index in [9.17, 15) is 50.0 Å². The van der Waals surface area contributed by atoms with Crippen LogP contribution in [-0.2, 0) is 18.4 Å². The summed E-state index contributed by atoms with van der Waals surface area (Å²) in [7, 11) is -5.14. The van der Waals surface area contributed by atoms with Gasteiger partial charge < -0.3 is 46.0 Å². The number of rotatable bonds is 36. The maximum absolute atomic E-state index is 12.9. The molecule has 0 aromatic rings. The minimum Gasteiger partial charge on any atom is -0.393 e. The molecule has 57 heavy (non-hydrogen) atoms. The summed E-state index contributed by atoms with van der Waals surface area (Å²) in [6.07, 6.45) is 21.7. The van der Waals surface area contributed by atoms with Crippen molar-refractivity contribution in [2.24, 2.45) is 0 Å². The Hall–Kier alpha value is -1.22. The van der Waals surface area contributed by atoms with Crippen molar-refractivity contribution in [3.05, 3.63) is 24.3 Å². The molecule has 1 rings (SSSR count). The maximum Gasteiger partial charge on any atom is 0.472 e. The van der Waals surface area contributed by atoms with Gasteiger partial charge in [-0.15, -0.1) is 0 Å². The van der Waals surface area contributed by atoms with Gasteiger partial charge in [-0.2, -0.15) is 0 Å². The summed E-state index contributed by atoms with van der Waals surface area (Å²) in [6.45, 7) is 3.67. The van der Waals surface area contributed by atoms with Crippen molar-refractivity contribution >= 4 is 13.7 Å². The van der Waals surface area contributed by atoms with E-state index in [-0.39, 0.29) is 6.42 Å². The summed E-state index contributed by atoms with van der Waals surface area (Å²) in [5.41, 5.74) is 0. The molecule has 0 saturated heterocycles. The van der Waals surface area contributed by atoms with E-state index in [1.165, 1.54) is 102 Å². The molecule has 0 aromatic heterocycles. The smallest absolute Gasteiger partial charge is 0.393 e.